The van der Waals surface area contributed by atoms with Crippen molar-refractivity contribution in [1.82, 2.24) is 15.3 Å². The van der Waals surface area contributed by atoms with Gasteiger partial charge in [0.15, 0.2) is 23.2 Å². The van der Waals surface area contributed by atoms with Crippen LogP contribution in [-0.2, 0) is 17.8 Å². The lowest BCUT2D eigenvalue weighted by Gasteiger charge is -2.34. The molecule has 8 nitrogen and oxygen atoms in total. The summed E-state index contributed by atoms with van der Waals surface area (Å²) in [5, 5.41) is 13.9. The first-order valence-corrected chi connectivity index (χ1v) is 11.5. The number of hydrogen-bond acceptors (Lipinski definition) is 7. The smallest absolute Gasteiger partial charge is 0.487 e. The number of aromatic nitrogens is 2. The highest BCUT2D eigenvalue weighted by Crippen LogP contribution is 2.29. The summed E-state index contributed by atoms with van der Waals surface area (Å²) >= 11 is 0. The summed E-state index contributed by atoms with van der Waals surface area (Å²) in [6.07, 6.45) is -2.85. The van der Waals surface area contributed by atoms with Crippen LogP contribution >= 0.6 is 0 Å². The van der Waals surface area contributed by atoms with Crippen LogP contribution in [0.5, 0.6) is 5.75 Å². The van der Waals surface area contributed by atoms with Crippen LogP contribution in [0.4, 0.5) is 33.6 Å². The molecular weight excluding hydrogens is 489 g/mol. The van der Waals surface area contributed by atoms with Crippen molar-refractivity contribution in [2.45, 2.75) is 58.0 Å². The SMILES string of the molecule is CC(C)Nc1nc2c(nc1N1CCC(Oc3ccc(F)cc3F)CC1)CNCC2.O=C(O)C(F)(F)F. The number of carboxylic acids is 1. The van der Waals surface area contributed by atoms with Crippen molar-refractivity contribution in [2.75, 3.05) is 29.9 Å². The zero-order valence-corrected chi connectivity index (χ0v) is 19.8. The minimum Gasteiger partial charge on any atom is -0.487 e. The van der Waals surface area contributed by atoms with Crippen LogP contribution in [0.3, 0.4) is 0 Å². The number of halogens is 5. The van der Waals surface area contributed by atoms with Gasteiger partial charge in [0.05, 0.1) is 11.4 Å². The normalized spacial score (nSPS) is 16.2. The molecule has 0 bridgehead atoms. The molecule has 198 valence electrons. The minimum absolute atomic E-state index is 0.103. The maximum Gasteiger partial charge on any atom is 0.490 e. The van der Waals surface area contributed by atoms with E-state index in [2.05, 4.69) is 29.4 Å². The summed E-state index contributed by atoms with van der Waals surface area (Å²) in [5.74, 6) is -2.23. The number of aliphatic carboxylic acids is 1. The van der Waals surface area contributed by atoms with Gasteiger partial charge in [-0.2, -0.15) is 13.2 Å². The van der Waals surface area contributed by atoms with E-state index in [0.717, 1.165) is 74.5 Å². The molecule has 1 aromatic heterocycles. The number of rotatable bonds is 5. The summed E-state index contributed by atoms with van der Waals surface area (Å²) in [4.78, 5) is 20.9. The molecule has 1 fully saturated rings. The number of nitrogens with one attached hydrogen (secondary N) is 2. The molecule has 2 aliphatic rings. The Morgan fingerprint density at radius 1 is 1.19 bits per heavy atom. The van der Waals surface area contributed by atoms with Crippen LogP contribution < -0.4 is 20.3 Å². The van der Waals surface area contributed by atoms with Crippen molar-refractivity contribution in [3.05, 3.63) is 41.2 Å². The number of piperidine rings is 1. The molecule has 0 amide bonds. The molecule has 0 aliphatic carbocycles. The summed E-state index contributed by atoms with van der Waals surface area (Å²) < 4.78 is 64.5. The van der Waals surface area contributed by atoms with Crippen molar-refractivity contribution >= 4 is 17.6 Å². The van der Waals surface area contributed by atoms with Crippen LogP contribution in [-0.4, -0.2) is 59.0 Å². The fraction of sp³-hybridized carbons (Fsp3) is 0.522. The minimum atomic E-state index is -5.08. The van der Waals surface area contributed by atoms with Crippen molar-refractivity contribution in [3.63, 3.8) is 0 Å². The fourth-order valence-corrected chi connectivity index (χ4v) is 3.78. The van der Waals surface area contributed by atoms with Crippen LogP contribution in [0.1, 0.15) is 38.1 Å². The average Bonchev–Trinajstić information content (AvgIpc) is 2.80. The number of benzene rings is 1. The zero-order chi connectivity index (χ0) is 26.5. The molecule has 2 aliphatic heterocycles. The predicted octanol–water partition coefficient (Wildman–Crippen LogP) is 3.90. The van der Waals surface area contributed by atoms with Crippen LogP contribution in [0.15, 0.2) is 18.2 Å². The van der Waals surface area contributed by atoms with Gasteiger partial charge in [0.2, 0.25) is 0 Å². The monoisotopic (exact) mass is 517 g/mol. The second kappa shape index (κ2) is 11.7. The number of ether oxygens (including phenoxy) is 1. The first-order chi connectivity index (χ1) is 16.9. The van der Waals surface area contributed by atoms with Crippen LogP contribution in [0.25, 0.3) is 0 Å². The molecule has 0 unspecified atom stereocenters. The molecule has 0 saturated carbocycles. The lowest BCUT2D eigenvalue weighted by Crippen LogP contribution is -2.40. The van der Waals surface area contributed by atoms with E-state index in [0.29, 0.717) is 0 Å². The van der Waals surface area contributed by atoms with E-state index in [1.807, 2.05) is 0 Å². The molecule has 0 radical (unpaired) electrons. The van der Waals surface area contributed by atoms with Crippen molar-refractivity contribution in [2.24, 2.45) is 0 Å². The van der Waals surface area contributed by atoms with Gasteiger partial charge in [-0.3, -0.25) is 0 Å². The van der Waals surface area contributed by atoms with Crippen LogP contribution in [0.2, 0.25) is 0 Å². The highest BCUT2D eigenvalue weighted by molar-refractivity contribution is 5.73. The Bertz CT molecular complexity index is 1060. The Balaban J connectivity index is 0.000000454. The Morgan fingerprint density at radius 3 is 2.44 bits per heavy atom. The van der Waals surface area contributed by atoms with Crippen molar-refractivity contribution in [3.8, 4) is 5.75 Å². The summed E-state index contributed by atoms with van der Waals surface area (Å²) in [5.41, 5.74) is 2.06. The largest absolute Gasteiger partial charge is 0.490 e. The number of carbonyl (C=O) groups is 1. The van der Waals surface area contributed by atoms with Crippen LogP contribution in [0, 0.1) is 11.6 Å². The van der Waals surface area contributed by atoms with Crippen molar-refractivity contribution < 1.29 is 36.6 Å². The molecule has 0 spiro atoms. The van der Waals surface area contributed by atoms with E-state index in [1.165, 1.54) is 12.1 Å². The third-order valence-corrected chi connectivity index (χ3v) is 5.46. The van der Waals surface area contributed by atoms with Crippen molar-refractivity contribution in [1.29, 1.82) is 0 Å². The summed E-state index contributed by atoms with van der Waals surface area (Å²) in [6.45, 7) is 7.31. The van der Waals surface area contributed by atoms with E-state index < -0.39 is 23.8 Å². The second-order valence-corrected chi connectivity index (χ2v) is 8.70. The number of anilines is 2. The lowest BCUT2D eigenvalue weighted by atomic mass is 10.1. The molecule has 13 heteroatoms. The topological polar surface area (TPSA) is 99.6 Å². The third kappa shape index (κ3) is 7.39. The Morgan fingerprint density at radius 2 is 1.86 bits per heavy atom. The van der Waals surface area contributed by atoms with Gasteiger partial charge in [-0.05, 0) is 26.0 Å². The lowest BCUT2D eigenvalue weighted by molar-refractivity contribution is -0.192. The predicted molar refractivity (Wildman–Crippen MR) is 122 cm³/mol. The summed E-state index contributed by atoms with van der Waals surface area (Å²) in [7, 11) is 0. The van der Waals surface area contributed by atoms with Gasteiger partial charge in [-0.1, -0.05) is 0 Å². The molecule has 1 aromatic carbocycles. The van der Waals surface area contributed by atoms with Gasteiger partial charge in [0.1, 0.15) is 11.9 Å². The quantitative estimate of drug-likeness (QED) is 0.514. The van der Waals surface area contributed by atoms with E-state index >= 15 is 0 Å². The second-order valence-electron chi connectivity index (χ2n) is 8.70. The van der Waals surface area contributed by atoms with Gasteiger partial charge in [0, 0.05) is 57.5 Å². The first-order valence-electron chi connectivity index (χ1n) is 11.5. The van der Waals surface area contributed by atoms with Gasteiger partial charge >= 0.3 is 12.1 Å². The average molecular weight is 517 g/mol. The van der Waals surface area contributed by atoms with E-state index in [4.69, 9.17) is 24.6 Å². The Hall–Kier alpha value is -3.22. The van der Waals surface area contributed by atoms with Gasteiger partial charge < -0.3 is 25.4 Å². The molecule has 2 aromatic rings. The first kappa shape index (κ1) is 27.4. The number of carboxylic acid groups (broad SMARTS) is 1. The molecular formula is C23H28F5N5O3. The Kier molecular flexibility index (Phi) is 8.88. The van der Waals surface area contributed by atoms with Gasteiger partial charge in [-0.15, -0.1) is 0 Å². The summed E-state index contributed by atoms with van der Waals surface area (Å²) in [6, 6.07) is 3.67. The zero-order valence-electron chi connectivity index (χ0n) is 19.8. The van der Waals surface area contributed by atoms with E-state index in [1.54, 1.807) is 0 Å². The number of alkyl halides is 3. The molecule has 4 rings (SSSR count). The molecule has 3 heterocycles. The molecule has 36 heavy (non-hydrogen) atoms. The third-order valence-electron chi connectivity index (χ3n) is 5.46. The highest BCUT2D eigenvalue weighted by atomic mass is 19.4. The number of fused-ring (bicyclic) bond motifs is 1. The van der Waals surface area contributed by atoms with Gasteiger partial charge in [0.25, 0.3) is 0 Å². The highest BCUT2D eigenvalue weighted by Gasteiger charge is 2.38. The number of hydrogen-bond donors (Lipinski definition) is 3. The molecule has 1 saturated heterocycles. The van der Waals surface area contributed by atoms with E-state index in [9.17, 15) is 22.0 Å². The standard InChI is InChI=1S/C21H27F2N5O.C2HF3O2/c1-13(2)25-20-21(27-18-12-24-8-5-17(18)26-20)28-9-6-15(7-10-28)29-19-4-3-14(22)11-16(19)23;3-2(4,5)1(6)7/h3-4,11,13,15,24H,5-10,12H2,1-2H3,(H,25,26);(H,6,7). The fourth-order valence-electron chi connectivity index (χ4n) is 3.78. The molecule has 0 atom stereocenters. The van der Waals surface area contributed by atoms with E-state index in [-0.39, 0.29) is 17.9 Å². The Labute approximate surface area is 204 Å². The van der Waals surface area contributed by atoms with Gasteiger partial charge in [-0.25, -0.2) is 23.5 Å². The maximum atomic E-state index is 13.9. The number of nitrogens with zero attached hydrogens (tertiary/aromatic N) is 3. The molecule has 3 N–H and O–H groups in total. The maximum absolute atomic E-state index is 13.9.